The maximum atomic E-state index is 12.7. The fourth-order valence-electron chi connectivity index (χ4n) is 3.10. The predicted octanol–water partition coefficient (Wildman–Crippen LogP) is 2.04. The molecule has 2 saturated heterocycles. The van der Waals surface area contributed by atoms with Gasteiger partial charge in [-0.25, -0.2) is 0 Å². The number of nitrogens with zero attached hydrogens (tertiary/aromatic N) is 2. The lowest BCUT2D eigenvalue weighted by Gasteiger charge is -2.43. The molecule has 1 aromatic rings. The summed E-state index contributed by atoms with van der Waals surface area (Å²) in [5.41, 5.74) is 0. The standard InChI is InChI=1S/C17H23ClN2O3/c1-2-15(19-7-9-22-10-8-19)17(21)20-11-13(12-20)23-16-6-4-3-5-14(16)18/h3-6,13,15H,2,7-12H2,1H3/t15-/m1/s1. The first-order valence-electron chi connectivity index (χ1n) is 8.20. The van der Waals surface area contributed by atoms with E-state index in [4.69, 9.17) is 21.1 Å². The molecule has 2 fully saturated rings. The van der Waals surface area contributed by atoms with Crippen molar-refractivity contribution in [2.45, 2.75) is 25.5 Å². The van der Waals surface area contributed by atoms with Gasteiger partial charge in [0, 0.05) is 13.1 Å². The van der Waals surface area contributed by atoms with E-state index < -0.39 is 0 Å². The zero-order valence-corrected chi connectivity index (χ0v) is 14.2. The van der Waals surface area contributed by atoms with Crippen LogP contribution in [-0.4, -0.2) is 67.2 Å². The van der Waals surface area contributed by atoms with Crippen LogP contribution < -0.4 is 4.74 Å². The van der Waals surface area contributed by atoms with Crippen LogP contribution in [0.25, 0.3) is 0 Å². The van der Waals surface area contributed by atoms with Gasteiger partial charge in [0.15, 0.2) is 0 Å². The number of ether oxygens (including phenoxy) is 2. The van der Waals surface area contributed by atoms with Crippen LogP contribution in [-0.2, 0) is 9.53 Å². The van der Waals surface area contributed by atoms with Crippen LogP contribution in [0, 0.1) is 0 Å². The zero-order valence-electron chi connectivity index (χ0n) is 13.4. The van der Waals surface area contributed by atoms with Crippen molar-refractivity contribution in [3.63, 3.8) is 0 Å². The number of rotatable bonds is 5. The van der Waals surface area contributed by atoms with Crippen molar-refractivity contribution in [2.24, 2.45) is 0 Å². The Kier molecular flexibility index (Phi) is 5.41. The summed E-state index contributed by atoms with van der Waals surface area (Å²) in [5.74, 6) is 0.889. The quantitative estimate of drug-likeness (QED) is 0.824. The lowest BCUT2D eigenvalue weighted by atomic mass is 10.1. The van der Waals surface area contributed by atoms with E-state index in [0.29, 0.717) is 37.1 Å². The third kappa shape index (κ3) is 3.79. The number of carbonyl (C=O) groups is 1. The minimum absolute atomic E-state index is 0.0287. The summed E-state index contributed by atoms with van der Waals surface area (Å²) in [6.45, 7) is 6.41. The third-order valence-electron chi connectivity index (χ3n) is 4.45. The van der Waals surface area contributed by atoms with Gasteiger partial charge in [0.05, 0.1) is 37.4 Å². The second-order valence-corrected chi connectivity index (χ2v) is 6.39. The van der Waals surface area contributed by atoms with Crippen molar-refractivity contribution in [2.75, 3.05) is 39.4 Å². The molecule has 0 N–H and O–H groups in total. The number of para-hydroxylation sites is 1. The summed E-state index contributed by atoms with van der Waals surface area (Å²) in [6.07, 6.45) is 0.854. The van der Waals surface area contributed by atoms with Crippen LogP contribution in [0.3, 0.4) is 0 Å². The number of morpholine rings is 1. The average Bonchev–Trinajstić information content (AvgIpc) is 2.53. The smallest absolute Gasteiger partial charge is 0.240 e. The minimum atomic E-state index is -0.0415. The van der Waals surface area contributed by atoms with E-state index in [-0.39, 0.29) is 18.1 Å². The van der Waals surface area contributed by atoms with Gasteiger partial charge in [0.2, 0.25) is 5.91 Å². The van der Waals surface area contributed by atoms with E-state index in [1.807, 2.05) is 29.2 Å². The normalized spacial score (nSPS) is 20.9. The van der Waals surface area contributed by atoms with Crippen LogP contribution in [0.5, 0.6) is 5.75 Å². The number of hydrogen-bond donors (Lipinski definition) is 0. The van der Waals surface area contributed by atoms with Crippen molar-refractivity contribution in [3.8, 4) is 5.75 Å². The highest BCUT2D eigenvalue weighted by Crippen LogP contribution is 2.27. The van der Waals surface area contributed by atoms with Gasteiger partial charge < -0.3 is 14.4 Å². The molecule has 1 atom stereocenters. The first kappa shape index (κ1) is 16.6. The molecule has 1 aromatic carbocycles. The molecule has 5 nitrogen and oxygen atoms in total. The van der Waals surface area contributed by atoms with Crippen molar-refractivity contribution < 1.29 is 14.3 Å². The Morgan fingerprint density at radius 2 is 2.04 bits per heavy atom. The van der Waals surface area contributed by atoms with E-state index in [1.54, 1.807) is 0 Å². The van der Waals surface area contributed by atoms with Gasteiger partial charge in [-0.05, 0) is 18.6 Å². The fourth-order valence-corrected chi connectivity index (χ4v) is 3.28. The summed E-state index contributed by atoms with van der Waals surface area (Å²) >= 11 is 6.10. The molecule has 0 unspecified atom stereocenters. The third-order valence-corrected chi connectivity index (χ3v) is 4.76. The van der Waals surface area contributed by atoms with Crippen molar-refractivity contribution in [1.29, 1.82) is 0 Å². The number of likely N-dealkylation sites (tertiary alicyclic amines) is 1. The zero-order chi connectivity index (χ0) is 16.2. The molecular weight excluding hydrogens is 316 g/mol. The SMILES string of the molecule is CC[C@H](C(=O)N1CC(Oc2ccccc2Cl)C1)N1CCOCC1. The first-order chi connectivity index (χ1) is 11.2. The number of amides is 1. The van der Waals surface area contributed by atoms with Gasteiger partial charge in [-0.1, -0.05) is 30.7 Å². The van der Waals surface area contributed by atoms with E-state index in [2.05, 4.69) is 11.8 Å². The molecule has 3 rings (SSSR count). The maximum absolute atomic E-state index is 12.7. The van der Waals surface area contributed by atoms with Crippen molar-refractivity contribution >= 4 is 17.5 Å². The monoisotopic (exact) mass is 338 g/mol. The highest BCUT2D eigenvalue weighted by Gasteiger charge is 2.37. The number of benzene rings is 1. The highest BCUT2D eigenvalue weighted by atomic mass is 35.5. The predicted molar refractivity (Wildman–Crippen MR) is 88.9 cm³/mol. The van der Waals surface area contributed by atoms with Gasteiger partial charge in [-0.3, -0.25) is 9.69 Å². The molecule has 0 aliphatic carbocycles. The summed E-state index contributed by atoms with van der Waals surface area (Å²) < 4.78 is 11.2. The Bertz CT molecular complexity index is 542. The molecule has 0 aromatic heterocycles. The Hall–Kier alpha value is -1.30. The molecule has 2 heterocycles. The van der Waals surface area contributed by atoms with Gasteiger partial charge in [0.25, 0.3) is 0 Å². The second kappa shape index (κ2) is 7.51. The van der Waals surface area contributed by atoms with E-state index in [9.17, 15) is 4.79 Å². The van der Waals surface area contributed by atoms with Crippen LogP contribution >= 0.6 is 11.6 Å². The minimum Gasteiger partial charge on any atom is -0.485 e. The Morgan fingerprint density at radius 3 is 2.70 bits per heavy atom. The van der Waals surface area contributed by atoms with Crippen LogP contribution in [0.15, 0.2) is 24.3 Å². The summed E-state index contributed by atoms with van der Waals surface area (Å²) in [6, 6.07) is 7.40. The maximum Gasteiger partial charge on any atom is 0.240 e. The lowest BCUT2D eigenvalue weighted by Crippen LogP contribution is -2.61. The fraction of sp³-hybridized carbons (Fsp3) is 0.588. The Labute approximate surface area is 142 Å². The lowest BCUT2D eigenvalue weighted by molar-refractivity contribution is -0.147. The number of halogens is 1. The van der Waals surface area contributed by atoms with E-state index in [1.165, 1.54) is 0 Å². The molecule has 6 heteroatoms. The van der Waals surface area contributed by atoms with Gasteiger partial charge in [-0.15, -0.1) is 0 Å². The molecular formula is C17H23ClN2O3. The molecule has 126 valence electrons. The molecule has 0 bridgehead atoms. The Balaban J connectivity index is 1.51. The van der Waals surface area contributed by atoms with Crippen LogP contribution in [0.2, 0.25) is 5.02 Å². The van der Waals surface area contributed by atoms with Crippen LogP contribution in [0.4, 0.5) is 0 Å². The molecule has 0 saturated carbocycles. The van der Waals surface area contributed by atoms with Crippen molar-refractivity contribution in [3.05, 3.63) is 29.3 Å². The molecule has 0 spiro atoms. The largest absolute Gasteiger partial charge is 0.485 e. The van der Waals surface area contributed by atoms with Crippen molar-refractivity contribution in [1.82, 2.24) is 9.80 Å². The first-order valence-corrected chi connectivity index (χ1v) is 8.58. The molecule has 2 aliphatic rings. The van der Waals surface area contributed by atoms with Crippen LogP contribution in [0.1, 0.15) is 13.3 Å². The van der Waals surface area contributed by atoms with Gasteiger partial charge >= 0.3 is 0 Å². The summed E-state index contributed by atoms with van der Waals surface area (Å²) in [4.78, 5) is 16.8. The second-order valence-electron chi connectivity index (χ2n) is 5.99. The number of carbonyl (C=O) groups excluding carboxylic acids is 1. The summed E-state index contributed by atoms with van der Waals surface area (Å²) in [5, 5.41) is 0.608. The molecule has 1 amide bonds. The van der Waals surface area contributed by atoms with Gasteiger partial charge in [-0.2, -0.15) is 0 Å². The van der Waals surface area contributed by atoms with E-state index >= 15 is 0 Å². The van der Waals surface area contributed by atoms with Gasteiger partial charge in [0.1, 0.15) is 11.9 Å². The topological polar surface area (TPSA) is 42.0 Å². The summed E-state index contributed by atoms with van der Waals surface area (Å²) in [7, 11) is 0. The average molecular weight is 339 g/mol. The van der Waals surface area contributed by atoms with E-state index in [0.717, 1.165) is 19.5 Å². The molecule has 0 radical (unpaired) electrons. The highest BCUT2D eigenvalue weighted by molar-refractivity contribution is 6.32. The Morgan fingerprint density at radius 1 is 1.35 bits per heavy atom. The molecule has 23 heavy (non-hydrogen) atoms. The molecule has 2 aliphatic heterocycles. The number of hydrogen-bond acceptors (Lipinski definition) is 4.